The SMILES string of the molecule is COc1ccccc1[C@H](NC(=O)Cc1nc2nc(C)c(C)c(=O)n2[nH]1)c1ccccc1. The van der Waals surface area contributed by atoms with Crippen molar-refractivity contribution in [3.63, 3.8) is 0 Å². The lowest BCUT2D eigenvalue weighted by molar-refractivity contribution is -0.121. The van der Waals surface area contributed by atoms with Gasteiger partial charge in [-0.2, -0.15) is 9.50 Å². The van der Waals surface area contributed by atoms with Gasteiger partial charge in [0, 0.05) is 16.8 Å². The van der Waals surface area contributed by atoms with Crippen LogP contribution in [0.4, 0.5) is 0 Å². The fourth-order valence-corrected chi connectivity index (χ4v) is 3.48. The molecule has 1 amide bonds. The summed E-state index contributed by atoms with van der Waals surface area (Å²) in [5, 5.41) is 5.95. The van der Waals surface area contributed by atoms with Gasteiger partial charge in [-0.1, -0.05) is 48.5 Å². The van der Waals surface area contributed by atoms with Gasteiger partial charge in [0.25, 0.3) is 11.3 Å². The number of rotatable bonds is 6. The van der Waals surface area contributed by atoms with E-state index in [9.17, 15) is 9.59 Å². The van der Waals surface area contributed by atoms with Crippen molar-refractivity contribution >= 4 is 11.7 Å². The van der Waals surface area contributed by atoms with Crippen LogP contribution in [0.1, 0.15) is 34.3 Å². The Bertz CT molecular complexity index is 1290. The maximum atomic E-state index is 12.9. The molecule has 31 heavy (non-hydrogen) atoms. The molecule has 0 unspecified atom stereocenters. The molecule has 2 aromatic heterocycles. The third kappa shape index (κ3) is 4.05. The number of aryl methyl sites for hydroxylation is 1. The first-order valence-corrected chi connectivity index (χ1v) is 9.90. The van der Waals surface area contributed by atoms with Crippen LogP contribution >= 0.6 is 0 Å². The molecular weight excluding hydrogens is 394 g/mol. The van der Waals surface area contributed by atoms with Gasteiger partial charge in [-0.3, -0.25) is 14.7 Å². The minimum atomic E-state index is -0.403. The number of benzene rings is 2. The fraction of sp³-hybridized carbons (Fsp3) is 0.217. The summed E-state index contributed by atoms with van der Waals surface area (Å²) >= 11 is 0. The molecule has 0 saturated heterocycles. The third-order valence-corrected chi connectivity index (χ3v) is 5.23. The number of para-hydroxylation sites is 1. The first-order valence-electron chi connectivity index (χ1n) is 9.90. The van der Waals surface area contributed by atoms with Gasteiger partial charge in [0.2, 0.25) is 5.91 Å². The molecule has 0 aliphatic heterocycles. The van der Waals surface area contributed by atoms with Crippen molar-refractivity contribution in [3.8, 4) is 5.75 Å². The number of methoxy groups -OCH3 is 1. The molecule has 2 aromatic carbocycles. The Morgan fingerprint density at radius 3 is 2.55 bits per heavy atom. The van der Waals surface area contributed by atoms with Crippen LogP contribution in [0.3, 0.4) is 0 Å². The summed E-state index contributed by atoms with van der Waals surface area (Å²) < 4.78 is 6.77. The van der Waals surface area contributed by atoms with Crippen molar-refractivity contribution in [2.24, 2.45) is 0 Å². The normalized spacial score (nSPS) is 12.0. The van der Waals surface area contributed by atoms with Crippen LogP contribution in [-0.2, 0) is 11.2 Å². The van der Waals surface area contributed by atoms with Crippen LogP contribution in [0.15, 0.2) is 59.4 Å². The zero-order valence-corrected chi connectivity index (χ0v) is 17.5. The molecule has 2 N–H and O–H groups in total. The van der Waals surface area contributed by atoms with Crippen molar-refractivity contribution in [1.82, 2.24) is 24.9 Å². The van der Waals surface area contributed by atoms with E-state index in [2.05, 4.69) is 20.4 Å². The van der Waals surface area contributed by atoms with Crippen LogP contribution in [0.5, 0.6) is 5.75 Å². The lowest BCUT2D eigenvalue weighted by Crippen LogP contribution is -2.31. The molecule has 4 rings (SSSR count). The number of ether oxygens (including phenoxy) is 1. The average molecular weight is 417 g/mol. The zero-order chi connectivity index (χ0) is 22.0. The number of carbonyl (C=O) groups excluding carboxylic acids is 1. The number of hydrogen-bond acceptors (Lipinski definition) is 5. The number of fused-ring (bicyclic) bond motifs is 1. The summed E-state index contributed by atoms with van der Waals surface area (Å²) in [5.74, 6) is 1.04. The van der Waals surface area contributed by atoms with Crippen LogP contribution in [0, 0.1) is 13.8 Å². The first kappa shape index (κ1) is 20.3. The predicted octanol–water partition coefficient (Wildman–Crippen LogP) is 2.49. The molecule has 0 spiro atoms. The number of aromatic amines is 1. The summed E-state index contributed by atoms with van der Waals surface area (Å²) in [5.41, 5.74) is 2.70. The van der Waals surface area contributed by atoms with E-state index in [1.165, 1.54) is 4.52 Å². The number of carbonyl (C=O) groups is 1. The van der Waals surface area contributed by atoms with E-state index in [0.29, 0.717) is 22.8 Å². The van der Waals surface area contributed by atoms with Crippen LogP contribution in [0.2, 0.25) is 0 Å². The summed E-state index contributed by atoms with van der Waals surface area (Å²) in [6.07, 6.45) is -0.0284. The zero-order valence-electron chi connectivity index (χ0n) is 17.5. The molecule has 2 heterocycles. The summed E-state index contributed by atoms with van der Waals surface area (Å²) in [6, 6.07) is 16.8. The largest absolute Gasteiger partial charge is 0.496 e. The first-order chi connectivity index (χ1) is 15.0. The third-order valence-electron chi connectivity index (χ3n) is 5.23. The number of nitrogens with zero attached hydrogens (tertiary/aromatic N) is 3. The molecule has 158 valence electrons. The van der Waals surface area contributed by atoms with Gasteiger partial charge in [-0.15, -0.1) is 0 Å². The summed E-state index contributed by atoms with van der Waals surface area (Å²) in [7, 11) is 1.60. The second-order valence-corrected chi connectivity index (χ2v) is 7.26. The van der Waals surface area contributed by atoms with Gasteiger partial charge in [-0.25, -0.2) is 4.98 Å². The molecule has 0 aliphatic rings. The summed E-state index contributed by atoms with van der Waals surface area (Å²) in [6.45, 7) is 3.47. The Hall–Kier alpha value is -3.94. The Balaban J connectivity index is 1.63. The highest BCUT2D eigenvalue weighted by Crippen LogP contribution is 2.29. The molecule has 0 saturated carbocycles. The van der Waals surface area contributed by atoms with Crippen molar-refractivity contribution < 1.29 is 9.53 Å². The molecule has 0 fully saturated rings. The van der Waals surface area contributed by atoms with E-state index >= 15 is 0 Å². The van der Waals surface area contributed by atoms with Gasteiger partial charge < -0.3 is 10.1 Å². The Kier molecular flexibility index (Phi) is 5.53. The molecular formula is C23H23N5O3. The Morgan fingerprint density at radius 2 is 1.81 bits per heavy atom. The minimum absolute atomic E-state index is 0.0284. The number of H-pyrrole nitrogens is 1. The van der Waals surface area contributed by atoms with Crippen molar-refractivity contribution in [2.75, 3.05) is 7.11 Å². The van der Waals surface area contributed by atoms with Crippen LogP contribution in [0.25, 0.3) is 5.78 Å². The molecule has 8 nitrogen and oxygen atoms in total. The standard InChI is InChI=1S/C23H23N5O3/c1-14-15(2)24-23-25-19(27-28(23)22(14)30)13-20(29)26-21(16-9-5-4-6-10-16)17-11-7-8-12-18(17)31-3/h4-12,21H,13H2,1-3H3,(H,26,29)(H,24,25,27)/t21-/m1/s1. The number of amides is 1. The molecule has 0 radical (unpaired) electrons. The van der Waals surface area contributed by atoms with E-state index in [0.717, 1.165) is 11.1 Å². The monoisotopic (exact) mass is 417 g/mol. The Labute approximate surface area is 178 Å². The maximum absolute atomic E-state index is 12.9. The highest BCUT2D eigenvalue weighted by molar-refractivity contribution is 5.79. The van der Waals surface area contributed by atoms with Gasteiger partial charge in [0.15, 0.2) is 0 Å². The van der Waals surface area contributed by atoms with Crippen LogP contribution < -0.4 is 15.6 Å². The summed E-state index contributed by atoms with van der Waals surface area (Å²) in [4.78, 5) is 34.0. The number of nitrogens with one attached hydrogen (secondary N) is 2. The smallest absolute Gasteiger partial charge is 0.277 e. The number of aromatic nitrogens is 4. The lowest BCUT2D eigenvalue weighted by atomic mass is 9.97. The Morgan fingerprint density at radius 1 is 1.10 bits per heavy atom. The van der Waals surface area contributed by atoms with Crippen LogP contribution in [-0.4, -0.2) is 32.6 Å². The van der Waals surface area contributed by atoms with Crippen molar-refractivity contribution in [1.29, 1.82) is 0 Å². The van der Waals surface area contributed by atoms with Gasteiger partial charge in [0.05, 0.1) is 19.6 Å². The quantitative estimate of drug-likeness (QED) is 0.502. The molecule has 8 heteroatoms. The van der Waals surface area contributed by atoms with Gasteiger partial charge in [0.1, 0.15) is 11.6 Å². The predicted molar refractivity (Wildman–Crippen MR) is 116 cm³/mol. The van der Waals surface area contributed by atoms with E-state index < -0.39 is 6.04 Å². The average Bonchev–Trinajstić information content (AvgIpc) is 3.18. The number of hydrogen-bond donors (Lipinski definition) is 2. The second kappa shape index (κ2) is 8.43. The molecule has 1 atom stereocenters. The minimum Gasteiger partial charge on any atom is -0.496 e. The highest BCUT2D eigenvalue weighted by Gasteiger charge is 2.21. The molecule has 0 bridgehead atoms. The molecule has 0 aliphatic carbocycles. The molecule has 4 aromatic rings. The van der Waals surface area contributed by atoms with Gasteiger partial charge in [-0.05, 0) is 25.5 Å². The second-order valence-electron chi connectivity index (χ2n) is 7.26. The lowest BCUT2D eigenvalue weighted by Gasteiger charge is -2.21. The van der Waals surface area contributed by atoms with Crippen molar-refractivity contribution in [2.45, 2.75) is 26.3 Å². The fourth-order valence-electron chi connectivity index (χ4n) is 3.48. The maximum Gasteiger partial charge on any atom is 0.277 e. The van der Waals surface area contributed by atoms with E-state index in [1.54, 1.807) is 21.0 Å². The highest BCUT2D eigenvalue weighted by atomic mass is 16.5. The van der Waals surface area contributed by atoms with E-state index in [1.807, 2.05) is 54.6 Å². The topological polar surface area (TPSA) is 101 Å². The van der Waals surface area contributed by atoms with E-state index in [4.69, 9.17) is 4.74 Å². The van der Waals surface area contributed by atoms with Crippen molar-refractivity contribution in [3.05, 3.63) is 93.2 Å². The van der Waals surface area contributed by atoms with E-state index in [-0.39, 0.29) is 23.7 Å². The van der Waals surface area contributed by atoms with Gasteiger partial charge >= 0.3 is 0 Å².